The van der Waals surface area contributed by atoms with Gasteiger partial charge in [0, 0.05) is 37.9 Å². The summed E-state index contributed by atoms with van der Waals surface area (Å²) in [7, 11) is 3.69. The van der Waals surface area contributed by atoms with Crippen LogP contribution < -0.4 is 0 Å². The van der Waals surface area contributed by atoms with E-state index in [0.29, 0.717) is 17.8 Å². The van der Waals surface area contributed by atoms with Crippen LogP contribution in [0.15, 0.2) is 12.3 Å². The molecule has 21 heavy (non-hydrogen) atoms. The van der Waals surface area contributed by atoms with Gasteiger partial charge in [0.2, 0.25) is 0 Å². The van der Waals surface area contributed by atoms with Gasteiger partial charge in [-0.15, -0.1) is 0 Å². The van der Waals surface area contributed by atoms with Crippen LogP contribution in [-0.4, -0.2) is 46.9 Å². The first-order valence-corrected chi connectivity index (χ1v) is 7.84. The lowest BCUT2D eigenvalue weighted by molar-refractivity contribution is -0.182. The molecule has 0 radical (unpaired) electrons. The van der Waals surface area contributed by atoms with E-state index >= 15 is 0 Å². The minimum Gasteiger partial charge on any atom is -0.381 e. The highest BCUT2D eigenvalue weighted by molar-refractivity contribution is 5.92. The third kappa shape index (κ3) is 2.09. The molecule has 0 aliphatic heterocycles. The molecule has 5 nitrogen and oxygen atoms in total. The molecule has 2 saturated carbocycles. The Morgan fingerprint density at radius 2 is 2.24 bits per heavy atom. The fourth-order valence-corrected chi connectivity index (χ4v) is 3.90. The van der Waals surface area contributed by atoms with Crippen molar-refractivity contribution >= 4 is 5.91 Å². The molecule has 2 aliphatic carbocycles. The molecule has 1 heterocycles. The summed E-state index contributed by atoms with van der Waals surface area (Å²) >= 11 is 0. The average Bonchev–Trinajstić information content (AvgIpc) is 2.84. The Balaban J connectivity index is 1.73. The van der Waals surface area contributed by atoms with Crippen LogP contribution in [0.25, 0.3) is 0 Å². The molecule has 2 fully saturated rings. The van der Waals surface area contributed by atoms with Crippen LogP contribution in [0, 0.1) is 5.41 Å². The van der Waals surface area contributed by atoms with E-state index in [1.54, 1.807) is 7.11 Å². The average molecular weight is 291 g/mol. The maximum Gasteiger partial charge on any atom is 0.274 e. The number of hydrogen-bond donors (Lipinski definition) is 0. The van der Waals surface area contributed by atoms with E-state index in [1.165, 1.54) is 19.3 Å². The number of nitrogens with zero attached hydrogens (tertiary/aromatic N) is 3. The van der Waals surface area contributed by atoms with Crippen LogP contribution in [0.4, 0.5) is 0 Å². The summed E-state index contributed by atoms with van der Waals surface area (Å²) in [6.45, 7) is 4.12. The summed E-state index contributed by atoms with van der Waals surface area (Å²) in [4.78, 5) is 14.5. The van der Waals surface area contributed by atoms with E-state index in [9.17, 15) is 4.79 Å². The Kier molecular flexibility index (Phi) is 3.56. The van der Waals surface area contributed by atoms with Gasteiger partial charge in [0.15, 0.2) is 0 Å². The molecular weight excluding hydrogens is 266 g/mol. The fraction of sp³-hybridized carbons (Fsp3) is 0.750. The Hall–Kier alpha value is -1.36. The maximum absolute atomic E-state index is 12.6. The molecule has 2 aliphatic rings. The molecule has 116 valence electrons. The van der Waals surface area contributed by atoms with E-state index < -0.39 is 0 Å². The molecule has 3 rings (SSSR count). The Bertz CT molecular complexity index is 533. The molecule has 0 saturated heterocycles. The third-order valence-electron chi connectivity index (χ3n) is 5.46. The maximum atomic E-state index is 12.6. The van der Waals surface area contributed by atoms with Crippen LogP contribution in [-0.2, 0) is 4.74 Å². The number of carbonyl (C=O) groups excluding carboxylic acids is 1. The smallest absolute Gasteiger partial charge is 0.274 e. The molecule has 1 amide bonds. The van der Waals surface area contributed by atoms with Gasteiger partial charge in [0.25, 0.3) is 5.91 Å². The molecule has 1 aromatic heterocycles. The zero-order valence-electron chi connectivity index (χ0n) is 13.4. The quantitative estimate of drug-likeness (QED) is 0.856. The zero-order valence-corrected chi connectivity index (χ0v) is 13.4. The van der Waals surface area contributed by atoms with Gasteiger partial charge in [-0.2, -0.15) is 5.10 Å². The van der Waals surface area contributed by atoms with Crippen molar-refractivity contribution in [2.45, 2.75) is 57.7 Å². The Labute approximate surface area is 126 Å². The predicted octanol–water partition coefficient (Wildman–Crippen LogP) is 2.49. The van der Waals surface area contributed by atoms with Gasteiger partial charge in [-0.1, -0.05) is 6.42 Å². The van der Waals surface area contributed by atoms with Crippen LogP contribution >= 0.6 is 0 Å². The van der Waals surface area contributed by atoms with Crippen molar-refractivity contribution in [3.05, 3.63) is 18.0 Å². The summed E-state index contributed by atoms with van der Waals surface area (Å²) in [5.41, 5.74) is 0.751. The van der Waals surface area contributed by atoms with Crippen LogP contribution in [0.3, 0.4) is 0 Å². The van der Waals surface area contributed by atoms with Crippen molar-refractivity contribution in [3.8, 4) is 0 Å². The highest BCUT2D eigenvalue weighted by Gasteiger charge is 2.60. The highest BCUT2D eigenvalue weighted by atomic mass is 16.5. The number of methoxy groups -OCH3 is 1. The minimum absolute atomic E-state index is 0.0280. The van der Waals surface area contributed by atoms with E-state index in [0.717, 1.165) is 6.42 Å². The van der Waals surface area contributed by atoms with Crippen molar-refractivity contribution in [2.75, 3.05) is 14.2 Å². The van der Waals surface area contributed by atoms with Gasteiger partial charge < -0.3 is 9.64 Å². The third-order valence-corrected chi connectivity index (χ3v) is 5.46. The highest BCUT2D eigenvalue weighted by Crippen LogP contribution is 2.58. The topological polar surface area (TPSA) is 47.4 Å². The van der Waals surface area contributed by atoms with Gasteiger partial charge >= 0.3 is 0 Å². The summed E-state index contributed by atoms with van der Waals surface area (Å²) < 4.78 is 7.42. The lowest BCUT2D eigenvalue weighted by Crippen LogP contribution is -2.67. The second-order valence-corrected chi connectivity index (χ2v) is 6.75. The van der Waals surface area contributed by atoms with Gasteiger partial charge in [-0.05, 0) is 39.2 Å². The monoisotopic (exact) mass is 291 g/mol. The largest absolute Gasteiger partial charge is 0.381 e. The summed E-state index contributed by atoms with van der Waals surface area (Å²) in [6, 6.07) is 2.39. The molecule has 1 aromatic rings. The summed E-state index contributed by atoms with van der Waals surface area (Å²) in [6.07, 6.45) is 6.75. The van der Waals surface area contributed by atoms with Gasteiger partial charge in [0.1, 0.15) is 5.69 Å². The van der Waals surface area contributed by atoms with Crippen LogP contribution in [0.2, 0.25) is 0 Å². The van der Waals surface area contributed by atoms with Crippen molar-refractivity contribution in [2.24, 2.45) is 5.41 Å². The van der Waals surface area contributed by atoms with Crippen molar-refractivity contribution in [3.63, 3.8) is 0 Å². The summed E-state index contributed by atoms with van der Waals surface area (Å²) in [5.74, 6) is 0.0280. The normalized spacial score (nSPS) is 26.5. The molecule has 1 spiro atoms. The second-order valence-electron chi connectivity index (χ2n) is 6.75. The standard InChI is InChI=1S/C16H25N3O2/c1-11(2)19-9-6-12(17-19)15(20)18(3)13-10-14(21-4)16(13)7-5-8-16/h6,9,11,13-14H,5,7-8,10H2,1-4H3. The molecule has 5 heteroatoms. The first kappa shape index (κ1) is 14.6. The number of carbonyl (C=O) groups is 1. The molecule has 2 atom stereocenters. The first-order valence-electron chi connectivity index (χ1n) is 7.84. The van der Waals surface area contributed by atoms with Gasteiger partial charge in [-0.25, -0.2) is 0 Å². The lowest BCUT2D eigenvalue weighted by atomic mass is 9.50. The van der Waals surface area contributed by atoms with E-state index in [-0.39, 0.29) is 17.4 Å². The first-order chi connectivity index (χ1) is 9.99. The van der Waals surface area contributed by atoms with E-state index in [1.807, 2.05) is 28.9 Å². The lowest BCUT2D eigenvalue weighted by Gasteiger charge is -2.62. The molecular formula is C16H25N3O2. The van der Waals surface area contributed by atoms with Crippen molar-refractivity contribution in [1.82, 2.24) is 14.7 Å². The predicted molar refractivity (Wildman–Crippen MR) is 80.2 cm³/mol. The Morgan fingerprint density at radius 3 is 2.71 bits per heavy atom. The Morgan fingerprint density at radius 1 is 1.52 bits per heavy atom. The second kappa shape index (κ2) is 5.13. The molecule has 2 unspecified atom stereocenters. The number of ether oxygens (including phenoxy) is 1. The number of aromatic nitrogens is 2. The zero-order chi connectivity index (χ0) is 15.2. The van der Waals surface area contributed by atoms with E-state index in [2.05, 4.69) is 18.9 Å². The van der Waals surface area contributed by atoms with Gasteiger partial charge in [-0.3, -0.25) is 9.48 Å². The van der Waals surface area contributed by atoms with Crippen LogP contribution in [0.1, 0.15) is 56.1 Å². The molecule has 0 N–H and O–H groups in total. The molecule has 0 bridgehead atoms. The van der Waals surface area contributed by atoms with Crippen molar-refractivity contribution in [1.29, 1.82) is 0 Å². The van der Waals surface area contributed by atoms with Gasteiger partial charge in [0.05, 0.1) is 6.10 Å². The minimum atomic E-state index is 0.0280. The SMILES string of the molecule is COC1CC(N(C)C(=O)c2ccn(C(C)C)n2)C12CCC2. The van der Waals surface area contributed by atoms with E-state index in [4.69, 9.17) is 4.74 Å². The van der Waals surface area contributed by atoms with Crippen molar-refractivity contribution < 1.29 is 9.53 Å². The number of hydrogen-bond acceptors (Lipinski definition) is 3. The summed E-state index contributed by atoms with van der Waals surface area (Å²) in [5, 5.41) is 4.40. The number of rotatable bonds is 4. The van der Waals surface area contributed by atoms with Crippen LogP contribution in [0.5, 0.6) is 0 Å². The molecule has 0 aromatic carbocycles. The fourth-order valence-electron chi connectivity index (χ4n) is 3.90. The number of amides is 1.